The molecule has 176 valence electrons. The molecule has 5 fully saturated rings. The molecule has 5 rings (SSSR count). The van der Waals surface area contributed by atoms with Crippen molar-refractivity contribution in [2.45, 2.75) is 118 Å². The second-order valence-corrected chi connectivity index (χ2v) is 13.5. The van der Waals surface area contributed by atoms with Gasteiger partial charge in [-0.2, -0.15) is 0 Å². The van der Waals surface area contributed by atoms with E-state index in [1.165, 1.54) is 51.4 Å². The summed E-state index contributed by atoms with van der Waals surface area (Å²) in [5.74, 6) is 4.81. The molecule has 0 aromatic rings. The molecule has 1 N–H and O–H groups in total. The van der Waals surface area contributed by atoms with Gasteiger partial charge in [0.15, 0.2) is 0 Å². The van der Waals surface area contributed by atoms with Gasteiger partial charge in [-0.15, -0.1) is 0 Å². The lowest BCUT2D eigenvalue weighted by atomic mass is 9.39. The first kappa shape index (κ1) is 22.3. The number of nitrogens with one attached hydrogen (secondary N) is 1. The number of rotatable bonds is 6. The Labute approximate surface area is 192 Å². The van der Waals surface area contributed by atoms with Crippen LogP contribution in [0.4, 0.5) is 0 Å². The van der Waals surface area contributed by atoms with Crippen molar-refractivity contribution < 1.29 is 4.79 Å². The Balaban J connectivity index is 1.35. The number of amides is 1. The van der Waals surface area contributed by atoms with Crippen LogP contribution in [0.2, 0.25) is 0 Å². The minimum Gasteiger partial charge on any atom is -0.356 e. The molecule has 3 unspecified atom stereocenters. The average Bonchev–Trinajstić information content (AvgIpc) is 3.39. The minimum atomic E-state index is 0.271. The van der Waals surface area contributed by atoms with Crippen LogP contribution < -0.4 is 5.32 Å². The lowest BCUT2D eigenvalue weighted by Gasteiger charge is -2.65. The van der Waals surface area contributed by atoms with Gasteiger partial charge in [-0.05, 0) is 115 Å². The van der Waals surface area contributed by atoms with Crippen LogP contribution in [0.1, 0.15) is 118 Å². The second-order valence-electron chi connectivity index (χ2n) is 13.5. The van der Waals surface area contributed by atoms with Gasteiger partial charge in [0.2, 0.25) is 5.91 Å². The van der Waals surface area contributed by atoms with Crippen LogP contribution in [-0.2, 0) is 4.79 Å². The number of fused-ring (bicyclic) bond motifs is 3. The van der Waals surface area contributed by atoms with Gasteiger partial charge in [-0.3, -0.25) is 4.79 Å². The molecule has 9 atom stereocenters. The number of carbonyl (C=O) groups is 1. The molecule has 1 spiro atoms. The first-order chi connectivity index (χ1) is 14.7. The molecule has 0 aromatic carbocycles. The summed E-state index contributed by atoms with van der Waals surface area (Å²) in [4.78, 5) is 12.3. The molecule has 0 bridgehead atoms. The molecule has 0 aliphatic heterocycles. The van der Waals surface area contributed by atoms with E-state index in [9.17, 15) is 4.79 Å². The molecule has 5 saturated carbocycles. The molecular formula is C29H49NO. The van der Waals surface area contributed by atoms with Crippen molar-refractivity contribution in [2.75, 3.05) is 6.54 Å². The van der Waals surface area contributed by atoms with Gasteiger partial charge in [-0.25, -0.2) is 0 Å². The summed E-state index contributed by atoms with van der Waals surface area (Å²) in [5, 5.41) is 3.09. The molecular weight excluding hydrogens is 378 g/mol. The highest BCUT2D eigenvalue weighted by atomic mass is 16.1. The van der Waals surface area contributed by atoms with E-state index in [2.05, 4.69) is 39.9 Å². The van der Waals surface area contributed by atoms with Crippen molar-refractivity contribution in [1.29, 1.82) is 0 Å². The maximum atomic E-state index is 12.3. The maximum Gasteiger partial charge on any atom is 0.220 e. The smallest absolute Gasteiger partial charge is 0.220 e. The highest BCUT2D eigenvalue weighted by Gasteiger charge is 2.80. The predicted molar refractivity (Wildman–Crippen MR) is 129 cm³/mol. The number of hydrogen-bond donors (Lipinski definition) is 1. The zero-order chi connectivity index (χ0) is 22.1. The van der Waals surface area contributed by atoms with Crippen LogP contribution in [0.3, 0.4) is 0 Å². The SMILES string of the molecule is CCCNC(=O)CC[C@H](C)[C@@H]1CC[C@@]2(C)C34C[C@@H]3CC3CCCC[C@@]3(C)C4CC[C@@]12C. The van der Waals surface area contributed by atoms with E-state index in [1.54, 1.807) is 12.8 Å². The first-order valence-electron chi connectivity index (χ1n) is 14.0. The van der Waals surface area contributed by atoms with E-state index in [1.807, 2.05) is 0 Å². The fraction of sp³-hybridized carbons (Fsp3) is 0.966. The largest absolute Gasteiger partial charge is 0.356 e. The van der Waals surface area contributed by atoms with Crippen molar-refractivity contribution in [2.24, 2.45) is 51.2 Å². The second kappa shape index (κ2) is 7.49. The third-order valence-electron chi connectivity index (χ3n) is 12.7. The molecule has 5 aliphatic rings. The molecule has 5 aliphatic carbocycles. The molecule has 1 amide bonds. The summed E-state index contributed by atoms with van der Waals surface area (Å²) < 4.78 is 0. The van der Waals surface area contributed by atoms with Gasteiger partial charge < -0.3 is 5.32 Å². The lowest BCUT2D eigenvalue weighted by Crippen LogP contribution is -2.59. The zero-order valence-corrected chi connectivity index (χ0v) is 21.2. The summed E-state index contributed by atoms with van der Waals surface area (Å²) in [6.45, 7) is 13.6. The van der Waals surface area contributed by atoms with Gasteiger partial charge in [0.25, 0.3) is 0 Å². The van der Waals surface area contributed by atoms with E-state index in [4.69, 9.17) is 0 Å². The Morgan fingerprint density at radius 2 is 1.84 bits per heavy atom. The van der Waals surface area contributed by atoms with E-state index in [0.717, 1.165) is 49.5 Å². The number of hydrogen-bond acceptors (Lipinski definition) is 1. The van der Waals surface area contributed by atoms with E-state index in [0.29, 0.717) is 27.6 Å². The summed E-state index contributed by atoms with van der Waals surface area (Å²) in [5.41, 5.74) is 2.31. The van der Waals surface area contributed by atoms with Gasteiger partial charge in [0.1, 0.15) is 0 Å². The normalized spacial score (nSPS) is 51.1. The molecule has 0 radical (unpaired) electrons. The lowest BCUT2D eigenvalue weighted by molar-refractivity contribution is -0.171. The number of carbonyl (C=O) groups excluding carboxylic acids is 1. The van der Waals surface area contributed by atoms with Crippen LogP contribution in [0.5, 0.6) is 0 Å². The van der Waals surface area contributed by atoms with Crippen LogP contribution in [-0.4, -0.2) is 12.5 Å². The van der Waals surface area contributed by atoms with Crippen molar-refractivity contribution in [3.63, 3.8) is 0 Å². The van der Waals surface area contributed by atoms with Crippen molar-refractivity contribution in [1.82, 2.24) is 5.32 Å². The summed E-state index contributed by atoms with van der Waals surface area (Å²) >= 11 is 0. The molecule has 31 heavy (non-hydrogen) atoms. The van der Waals surface area contributed by atoms with Crippen molar-refractivity contribution in [3.05, 3.63) is 0 Å². The quantitative estimate of drug-likeness (QED) is 0.471. The third kappa shape index (κ3) is 2.91. The Morgan fingerprint density at radius 1 is 1.03 bits per heavy atom. The van der Waals surface area contributed by atoms with Crippen molar-refractivity contribution in [3.8, 4) is 0 Å². The third-order valence-corrected chi connectivity index (χ3v) is 12.7. The topological polar surface area (TPSA) is 29.1 Å². The standard InChI is InChI=1S/C29H49NO/c1-6-17-30-25(31)11-10-20(2)23-12-16-28(5)27(23,4)15-13-24-26(3)14-8-7-9-21(26)18-22-19-29(22,24)28/h20-24H,6-19H2,1-5H3,(H,30,31)/t20-,21?,22-,23-,24?,26+,27-,28+,29?/m0/s1. The van der Waals surface area contributed by atoms with E-state index in [-0.39, 0.29) is 5.91 Å². The zero-order valence-electron chi connectivity index (χ0n) is 21.2. The van der Waals surface area contributed by atoms with Gasteiger partial charge in [0, 0.05) is 13.0 Å². The van der Waals surface area contributed by atoms with Crippen LogP contribution in [0.25, 0.3) is 0 Å². The molecule has 2 nitrogen and oxygen atoms in total. The van der Waals surface area contributed by atoms with Gasteiger partial charge in [-0.1, -0.05) is 47.5 Å². The Morgan fingerprint density at radius 3 is 2.61 bits per heavy atom. The van der Waals surface area contributed by atoms with Gasteiger partial charge in [0.05, 0.1) is 0 Å². The van der Waals surface area contributed by atoms with E-state index < -0.39 is 0 Å². The Kier molecular flexibility index (Phi) is 5.38. The van der Waals surface area contributed by atoms with Gasteiger partial charge >= 0.3 is 0 Å². The van der Waals surface area contributed by atoms with Crippen LogP contribution in [0, 0.1) is 51.2 Å². The van der Waals surface area contributed by atoms with Crippen molar-refractivity contribution >= 4 is 5.91 Å². The highest BCUT2D eigenvalue weighted by Crippen LogP contribution is 2.87. The summed E-state index contributed by atoms with van der Waals surface area (Å²) in [6, 6.07) is 0. The predicted octanol–water partition coefficient (Wildman–Crippen LogP) is 7.37. The van der Waals surface area contributed by atoms with Crippen LogP contribution >= 0.6 is 0 Å². The highest BCUT2D eigenvalue weighted by molar-refractivity contribution is 5.75. The molecule has 0 aromatic heterocycles. The van der Waals surface area contributed by atoms with E-state index >= 15 is 0 Å². The first-order valence-corrected chi connectivity index (χ1v) is 14.0. The van der Waals surface area contributed by atoms with Crippen LogP contribution in [0.15, 0.2) is 0 Å². The molecule has 0 saturated heterocycles. The Hall–Kier alpha value is -0.530. The maximum absolute atomic E-state index is 12.3. The Bertz CT molecular complexity index is 718. The fourth-order valence-corrected chi connectivity index (χ4v) is 10.9. The molecule has 2 heteroatoms. The molecule has 0 heterocycles. The minimum absolute atomic E-state index is 0.271. The summed E-state index contributed by atoms with van der Waals surface area (Å²) in [6.07, 6.45) is 17.7. The average molecular weight is 428 g/mol. The monoisotopic (exact) mass is 427 g/mol. The summed E-state index contributed by atoms with van der Waals surface area (Å²) in [7, 11) is 0. The fourth-order valence-electron chi connectivity index (χ4n) is 10.9.